The van der Waals surface area contributed by atoms with Crippen LogP contribution in [0.1, 0.15) is 45.1 Å². The SMILES string of the molecule is CC(C)(C(=O)NCC1CCCCC1CO)c1ccccc1. The Morgan fingerprint density at radius 2 is 1.81 bits per heavy atom. The highest BCUT2D eigenvalue weighted by atomic mass is 16.3. The maximum absolute atomic E-state index is 12.5. The molecule has 1 saturated carbocycles. The van der Waals surface area contributed by atoms with E-state index in [-0.39, 0.29) is 12.5 Å². The number of benzene rings is 1. The minimum Gasteiger partial charge on any atom is -0.396 e. The van der Waals surface area contributed by atoms with Gasteiger partial charge in [-0.2, -0.15) is 0 Å². The van der Waals surface area contributed by atoms with Crippen LogP contribution in [-0.4, -0.2) is 24.2 Å². The fourth-order valence-electron chi connectivity index (χ4n) is 3.22. The van der Waals surface area contributed by atoms with Crippen LogP contribution < -0.4 is 5.32 Å². The molecule has 21 heavy (non-hydrogen) atoms. The molecular weight excluding hydrogens is 262 g/mol. The molecule has 0 aliphatic heterocycles. The van der Waals surface area contributed by atoms with Crippen molar-refractivity contribution in [2.45, 2.75) is 44.9 Å². The second kappa shape index (κ2) is 7.08. The summed E-state index contributed by atoms with van der Waals surface area (Å²) in [7, 11) is 0. The topological polar surface area (TPSA) is 49.3 Å². The molecule has 0 spiro atoms. The second-order valence-electron chi connectivity index (χ2n) is 6.69. The van der Waals surface area contributed by atoms with Crippen molar-refractivity contribution in [3.63, 3.8) is 0 Å². The van der Waals surface area contributed by atoms with Crippen molar-refractivity contribution in [2.75, 3.05) is 13.2 Å². The highest BCUT2D eigenvalue weighted by Gasteiger charge is 2.31. The Kier molecular flexibility index (Phi) is 5.40. The first-order chi connectivity index (χ1) is 10.1. The average molecular weight is 289 g/mol. The van der Waals surface area contributed by atoms with Crippen LogP contribution >= 0.6 is 0 Å². The van der Waals surface area contributed by atoms with Gasteiger partial charge in [-0.25, -0.2) is 0 Å². The lowest BCUT2D eigenvalue weighted by Gasteiger charge is -2.32. The van der Waals surface area contributed by atoms with E-state index in [0.29, 0.717) is 18.4 Å². The lowest BCUT2D eigenvalue weighted by molar-refractivity contribution is -0.126. The van der Waals surface area contributed by atoms with Gasteiger partial charge in [0.25, 0.3) is 0 Å². The van der Waals surface area contributed by atoms with Crippen LogP contribution in [0.3, 0.4) is 0 Å². The van der Waals surface area contributed by atoms with Crippen molar-refractivity contribution in [3.8, 4) is 0 Å². The van der Waals surface area contributed by atoms with Crippen LogP contribution in [0.15, 0.2) is 30.3 Å². The van der Waals surface area contributed by atoms with Gasteiger partial charge in [-0.3, -0.25) is 4.79 Å². The van der Waals surface area contributed by atoms with Gasteiger partial charge < -0.3 is 10.4 Å². The van der Waals surface area contributed by atoms with Crippen molar-refractivity contribution in [2.24, 2.45) is 11.8 Å². The summed E-state index contributed by atoms with van der Waals surface area (Å²) in [6.07, 6.45) is 4.60. The first-order valence-corrected chi connectivity index (χ1v) is 8.00. The zero-order valence-electron chi connectivity index (χ0n) is 13.1. The van der Waals surface area contributed by atoms with Gasteiger partial charge in [-0.1, -0.05) is 43.2 Å². The molecule has 0 bridgehead atoms. The van der Waals surface area contributed by atoms with E-state index in [1.54, 1.807) is 0 Å². The summed E-state index contributed by atoms with van der Waals surface area (Å²) in [4.78, 5) is 12.5. The lowest BCUT2D eigenvalue weighted by Crippen LogP contribution is -2.43. The Morgan fingerprint density at radius 1 is 1.19 bits per heavy atom. The summed E-state index contributed by atoms with van der Waals surface area (Å²) in [5.74, 6) is 0.828. The predicted molar refractivity (Wildman–Crippen MR) is 85.0 cm³/mol. The van der Waals surface area contributed by atoms with Gasteiger partial charge in [0.1, 0.15) is 0 Å². The Bertz CT molecular complexity index is 456. The number of aliphatic hydroxyl groups excluding tert-OH is 1. The maximum atomic E-state index is 12.5. The number of carbonyl (C=O) groups is 1. The van der Waals surface area contributed by atoms with Gasteiger partial charge in [-0.15, -0.1) is 0 Å². The Morgan fingerprint density at radius 3 is 2.43 bits per heavy atom. The van der Waals surface area contributed by atoms with Crippen LogP contribution in [0.25, 0.3) is 0 Å². The van der Waals surface area contributed by atoms with Crippen molar-refractivity contribution < 1.29 is 9.90 Å². The minimum atomic E-state index is -0.523. The van der Waals surface area contributed by atoms with Gasteiger partial charge >= 0.3 is 0 Å². The van der Waals surface area contributed by atoms with Crippen LogP contribution in [0.2, 0.25) is 0 Å². The van der Waals surface area contributed by atoms with Crippen molar-refractivity contribution in [1.82, 2.24) is 5.32 Å². The fraction of sp³-hybridized carbons (Fsp3) is 0.611. The summed E-state index contributed by atoms with van der Waals surface area (Å²) >= 11 is 0. The third kappa shape index (κ3) is 3.85. The van der Waals surface area contributed by atoms with Crippen molar-refractivity contribution in [3.05, 3.63) is 35.9 Å². The smallest absolute Gasteiger partial charge is 0.230 e. The molecule has 3 heteroatoms. The first kappa shape index (κ1) is 16.0. The van der Waals surface area contributed by atoms with Gasteiger partial charge in [-0.05, 0) is 44.1 Å². The van der Waals surface area contributed by atoms with Gasteiger partial charge in [0.05, 0.1) is 5.41 Å². The van der Waals surface area contributed by atoms with E-state index in [0.717, 1.165) is 18.4 Å². The van der Waals surface area contributed by atoms with Crippen molar-refractivity contribution >= 4 is 5.91 Å². The molecule has 2 N–H and O–H groups in total. The molecule has 0 radical (unpaired) electrons. The lowest BCUT2D eigenvalue weighted by atomic mass is 9.79. The standard InChI is InChI=1S/C18H27NO2/c1-18(2,16-10-4-3-5-11-16)17(21)19-12-14-8-6-7-9-15(14)13-20/h3-5,10-11,14-15,20H,6-9,12-13H2,1-2H3,(H,19,21). The number of carbonyl (C=O) groups excluding carboxylic acids is 1. The number of aliphatic hydroxyl groups is 1. The molecule has 1 amide bonds. The molecule has 0 saturated heterocycles. The first-order valence-electron chi connectivity index (χ1n) is 8.00. The molecular formula is C18H27NO2. The molecule has 1 aliphatic carbocycles. The van der Waals surface area contributed by atoms with E-state index >= 15 is 0 Å². The highest BCUT2D eigenvalue weighted by Crippen LogP contribution is 2.29. The van der Waals surface area contributed by atoms with E-state index in [9.17, 15) is 9.90 Å². The van der Waals surface area contributed by atoms with Crippen molar-refractivity contribution in [1.29, 1.82) is 0 Å². The predicted octanol–water partition coefficient (Wildman–Crippen LogP) is 2.88. The maximum Gasteiger partial charge on any atom is 0.230 e. The molecule has 1 aromatic rings. The number of hydrogen-bond donors (Lipinski definition) is 2. The van der Waals surface area contributed by atoms with E-state index in [1.165, 1.54) is 12.8 Å². The molecule has 2 rings (SSSR count). The number of amides is 1. The Balaban J connectivity index is 1.94. The van der Waals surface area contributed by atoms with E-state index < -0.39 is 5.41 Å². The molecule has 0 heterocycles. The van der Waals surface area contributed by atoms with E-state index in [1.807, 2.05) is 44.2 Å². The Hall–Kier alpha value is -1.35. The zero-order valence-corrected chi connectivity index (χ0v) is 13.1. The molecule has 116 valence electrons. The molecule has 1 aromatic carbocycles. The highest BCUT2D eigenvalue weighted by molar-refractivity contribution is 5.87. The summed E-state index contributed by atoms with van der Waals surface area (Å²) in [6, 6.07) is 9.89. The number of nitrogens with one attached hydrogen (secondary N) is 1. The fourth-order valence-corrected chi connectivity index (χ4v) is 3.22. The minimum absolute atomic E-state index is 0.0657. The normalized spacial score (nSPS) is 22.8. The molecule has 1 aliphatic rings. The molecule has 2 atom stereocenters. The van der Waals surface area contributed by atoms with Crippen LogP contribution in [0.5, 0.6) is 0 Å². The monoisotopic (exact) mass is 289 g/mol. The summed E-state index contributed by atoms with van der Waals surface area (Å²) < 4.78 is 0. The van der Waals surface area contributed by atoms with Crippen LogP contribution in [0.4, 0.5) is 0 Å². The largest absolute Gasteiger partial charge is 0.396 e. The number of rotatable bonds is 5. The average Bonchev–Trinajstić information content (AvgIpc) is 2.53. The molecule has 0 aromatic heterocycles. The van der Waals surface area contributed by atoms with Gasteiger partial charge in [0.2, 0.25) is 5.91 Å². The van der Waals surface area contributed by atoms with Gasteiger partial charge in [0.15, 0.2) is 0 Å². The second-order valence-corrected chi connectivity index (χ2v) is 6.69. The van der Waals surface area contributed by atoms with Gasteiger partial charge in [0, 0.05) is 13.2 Å². The molecule has 1 fully saturated rings. The number of hydrogen-bond acceptors (Lipinski definition) is 2. The third-order valence-electron chi connectivity index (χ3n) is 4.89. The Labute approximate surface area is 127 Å². The summed E-state index contributed by atoms with van der Waals surface area (Å²) in [5, 5.41) is 12.6. The van der Waals surface area contributed by atoms with E-state index in [4.69, 9.17) is 0 Å². The molecule has 2 unspecified atom stereocenters. The van der Waals surface area contributed by atoms with Crippen LogP contribution in [0, 0.1) is 11.8 Å². The quantitative estimate of drug-likeness (QED) is 0.875. The van der Waals surface area contributed by atoms with Crippen LogP contribution in [-0.2, 0) is 10.2 Å². The van der Waals surface area contributed by atoms with E-state index in [2.05, 4.69) is 5.32 Å². The molecule has 3 nitrogen and oxygen atoms in total. The summed E-state index contributed by atoms with van der Waals surface area (Å²) in [5.41, 5.74) is 0.509. The third-order valence-corrected chi connectivity index (χ3v) is 4.89. The zero-order chi connectivity index (χ0) is 15.3. The summed E-state index contributed by atoms with van der Waals surface area (Å²) in [6.45, 7) is 4.84.